The zero-order valence-electron chi connectivity index (χ0n) is 8.72. The van der Waals surface area contributed by atoms with Gasteiger partial charge in [-0.1, -0.05) is 6.07 Å². The smallest absolute Gasteiger partial charge is 0.133 e. The third kappa shape index (κ3) is 3.94. The largest absolute Gasteiger partial charge is 0.491 e. The first-order valence-corrected chi connectivity index (χ1v) is 5.56. The van der Waals surface area contributed by atoms with Crippen molar-refractivity contribution in [3.63, 3.8) is 0 Å². The zero-order chi connectivity index (χ0) is 11.1. The minimum Gasteiger partial charge on any atom is -0.491 e. The molecule has 0 heterocycles. The van der Waals surface area contributed by atoms with Crippen molar-refractivity contribution in [3.8, 4) is 18.1 Å². The molecule has 1 rings (SSSR count). The fraction of sp³-hybridized carbons (Fsp3) is 0.333. The van der Waals surface area contributed by atoms with Crippen molar-refractivity contribution in [1.82, 2.24) is 5.32 Å². The predicted octanol–water partition coefficient (Wildman–Crippen LogP) is 2.57. The van der Waals surface area contributed by atoms with Gasteiger partial charge in [0.15, 0.2) is 0 Å². The Morgan fingerprint density at radius 2 is 2.33 bits per heavy atom. The maximum atomic E-state index is 5.50. The van der Waals surface area contributed by atoms with Crippen molar-refractivity contribution in [3.05, 3.63) is 28.2 Å². The molecule has 0 aromatic heterocycles. The highest BCUT2D eigenvalue weighted by atomic mass is 79.9. The number of nitrogens with one attached hydrogen (secondary N) is 1. The van der Waals surface area contributed by atoms with Crippen LogP contribution in [0.5, 0.6) is 5.75 Å². The monoisotopic (exact) mass is 267 g/mol. The Kier molecular flexibility index (Phi) is 5.23. The van der Waals surface area contributed by atoms with Crippen LogP contribution in [0.3, 0.4) is 0 Å². The van der Waals surface area contributed by atoms with Crippen LogP contribution < -0.4 is 10.1 Å². The highest BCUT2D eigenvalue weighted by molar-refractivity contribution is 9.10. The molecule has 0 saturated heterocycles. The fourth-order valence-electron chi connectivity index (χ4n) is 1.20. The molecule has 0 bridgehead atoms. The summed E-state index contributed by atoms with van der Waals surface area (Å²) < 4.78 is 6.47. The molecule has 80 valence electrons. The lowest BCUT2D eigenvalue weighted by atomic mass is 10.2. The van der Waals surface area contributed by atoms with E-state index in [1.54, 1.807) is 0 Å². The lowest BCUT2D eigenvalue weighted by molar-refractivity contribution is 0.325. The minimum absolute atomic E-state index is 0.556. The van der Waals surface area contributed by atoms with Gasteiger partial charge in [-0.2, -0.15) is 0 Å². The third-order valence-electron chi connectivity index (χ3n) is 1.88. The molecule has 1 N–H and O–H groups in total. The predicted molar refractivity (Wildman–Crippen MR) is 65.9 cm³/mol. The van der Waals surface area contributed by atoms with E-state index in [9.17, 15) is 0 Å². The van der Waals surface area contributed by atoms with Crippen LogP contribution in [0.1, 0.15) is 12.0 Å². The molecule has 0 amide bonds. The summed E-state index contributed by atoms with van der Waals surface area (Å²) in [5.74, 6) is 3.38. The summed E-state index contributed by atoms with van der Waals surface area (Å²) in [7, 11) is 1.92. The highest BCUT2D eigenvalue weighted by Gasteiger charge is 2.01. The van der Waals surface area contributed by atoms with Crippen molar-refractivity contribution >= 4 is 15.9 Å². The van der Waals surface area contributed by atoms with Crippen molar-refractivity contribution in [2.24, 2.45) is 0 Å². The number of hydrogen-bond acceptors (Lipinski definition) is 2. The van der Waals surface area contributed by atoms with Crippen LogP contribution in [0.4, 0.5) is 0 Å². The van der Waals surface area contributed by atoms with Gasteiger partial charge in [-0.3, -0.25) is 0 Å². The van der Waals surface area contributed by atoms with Crippen LogP contribution in [-0.4, -0.2) is 13.7 Å². The van der Waals surface area contributed by atoms with E-state index in [1.165, 1.54) is 5.56 Å². The Balaban J connectivity index is 2.62. The Hall–Kier alpha value is -0.980. The average molecular weight is 268 g/mol. The molecule has 1 aromatic rings. The molecule has 0 unspecified atom stereocenters. The summed E-state index contributed by atoms with van der Waals surface area (Å²) in [6.07, 6.45) is 5.77. The lowest BCUT2D eigenvalue weighted by Crippen LogP contribution is -2.05. The number of halogens is 1. The molecule has 0 aliphatic carbocycles. The van der Waals surface area contributed by atoms with Gasteiger partial charge >= 0.3 is 0 Å². The van der Waals surface area contributed by atoms with Crippen LogP contribution >= 0.6 is 15.9 Å². The van der Waals surface area contributed by atoms with Gasteiger partial charge < -0.3 is 10.1 Å². The van der Waals surface area contributed by atoms with Crippen LogP contribution in [0, 0.1) is 12.3 Å². The molecule has 0 saturated carbocycles. The minimum atomic E-state index is 0.556. The Bertz CT molecular complexity index is 357. The second kappa shape index (κ2) is 6.49. The van der Waals surface area contributed by atoms with Crippen molar-refractivity contribution < 1.29 is 4.74 Å². The van der Waals surface area contributed by atoms with E-state index >= 15 is 0 Å². The van der Waals surface area contributed by atoms with Gasteiger partial charge in [0.2, 0.25) is 0 Å². The number of rotatable bonds is 5. The molecule has 1 aromatic carbocycles. The molecule has 0 fully saturated rings. The Morgan fingerprint density at radius 3 is 2.93 bits per heavy atom. The molecule has 2 nitrogen and oxygen atoms in total. The van der Waals surface area contributed by atoms with Crippen molar-refractivity contribution in [2.75, 3.05) is 13.7 Å². The van der Waals surface area contributed by atoms with Crippen molar-refractivity contribution in [1.29, 1.82) is 0 Å². The second-order valence-electron chi connectivity index (χ2n) is 3.10. The first-order chi connectivity index (χ1) is 7.27. The van der Waals surface area contributed by atoms with Crippen LogP contribution in [0.25, 0.3) is 0 Å². The first kappa shape index (κ1) is 12.1. The summed E-state index contributed by atoms with van der Waals surface area (Å²) in [6.45, 7) is 1.41. The standard InChI is InChI=1S/C12H14BrNO/c1-3-4-7-15-12-6-5-10(9-14-2)8-11(12)13/h1,5-6,8,14H,4,7,9H2,2H3. The van der Waals surface area contributed by atoms with E-state index in [0.29, 0.717) is 13.0 Å². The maximum Gasteiger partial charge on any atom is 0.133 e. The van der Waals surface area contributed by atoms with Crippen LogP contribution in [0.15, 0.2) is 22.7 Å². The van der Waals surface area contributed by atoms with Gasteiger partial charge in [0.05, 0.1) is 11.1 Å². The van der Waals surface area contributed by atoms with Gasteiger partial charge in [0.25, 0.3) is 0 Å². The molecule has 0 aliphatic rings. The van der Waals surface area contributed by atoms with E-state index in [1.807, 2.05) is 25.2 Å². The highest BCUT2D eigenvalue weighted by Crippen LogP contribution is 2.26. The summed E-state index contributed by atoms with van der Waals surface area (Å²) in [6, 6.07) is 6.03. The normalized spacial score (nSPS) is 9.67. The first-order valence-electron chi connectivity index (χ1n) is 4.77. The Labute approximate surface area is 99.2 Å². The van der Waals surface area contributed by atoms with Crippen molar-refractivity contribution in [2.45, 2.75) is 13.0 Å². The average Bonchev–Trinajstić information content (AvgIpc) is 2.22. The number of hydrogen-bond donors (Lipinski definition) is 1. The second-order valence-corrected chi connectivity index (χ2v) is 3.95. The molecular weight excluding hydrogens is 254 g/mol. The summed E-state index contributed by atoms with van der Waals surface area (Å²) >= 11 is 3.46. The van der Waals surface area contributed by atoms with E-state index in [4.69, 9.17) is 11.2 Å². The molecule has 0 atom stereocenters. The molecular formula is C12H14BrNO. The number of ether oxygens (including phenoxy) is 1. The molecule has 0 aliphatic heterocycles. The van der Waals surface area contributed by atoms with Gasteiger partial charge in [-0.15, -0.1) is 12.3 Å². The molecule has 0 radical (unpaired) electrons. The maximum absolute atomic E-state index is 5.50. The SMILES string of the molecule is C#CCCOc1ccc(CNC)cc1Br. The Morgan fingerprint density at radius 1 is 1.53 bits per heavy atom. The molecule has 15 heavy (non-hydrogen) atoms. The van der Waals surface area contributed by atoms with Gasteiger partial charge in [0, 0.05) is 13.0 Å². The van der Waals surface area contributed by atoms with Gasteiger partial charge in [-0.05, 0) is 40.7 Å². The van der Waals surface area contributed by atoms with E-state index < -0.39 is 0 Å². The molecule has 3 heteroatoms. The van der Waals surface area contributed by atoms with Gasteiger partial charge in [-0.25, -0.2) is 0 Å². The quantitative estimate of drug-likeness (QED) is 0.654. The van der Waals surface area contributed by atoms with Crippen LogP contribution in [-0.2, 0) is 6.54 Å². The number of terminal acetylenes is 1. The fourth-order valence-corrected chi connectivity index (χ4v) is 1.74. The lowest BCUT2D eigenvalue weighted by Gasteiger charge is -2.08. The third-order valence-corrected chi connectivity index (χ3v) is 2.50. The summed E-state index contributed by atoms with van der Waals surface area (Å²) in [5, 5.41) is 3.09. The molecule has 0 spiro atoms. The van der Waals surface area contributed by atoms with Gasteiger partial charge in [0.1, 0.15) is 5.75 Å². The topological polar surface area (TPSA) is 21.3 Å². The summed E-state index contributed by atoms with van der Waals surface area (Å²) in [4.78, 5) is 0. The zero-order valence-corrected chi connectivity index (χ0v) is 10.3. The van der Waals surface area contributed by atoms with E-state index in [-0.39, 0.29) is 0 Å². The van der Waals surface area contributed by atoms with Crippen LogP contribution in [0.2, 0.25) is 0 Å². The summed E-state index contributed by atoms with van der Waals surface area (Å²) in [5.41, 5.74) is 1.22. The van der Waals surface area contributed by atoms with E-state index in [0.717, 1.165) is 16.8 Å². The van der Waals surface area contributed by atoms with E-state index in [2.05, 4.69) is 27.2 Å². The number of benzene rings is 1.